The van der Waals surface area contributed by atoms with E-state index in [1.54, 1.807) is 6.20 Å². The summed E-state index contributed by atoms with van der Waals surface area (Å²) in [7, 11) is 0. The first-order chi connectivity index (χ1) is 14.7. The van der Waals surface area contributed by atoms with Crippen molar-refractivity contribution in [3.63, 3.8) is 0 Å². The minimum Gasteiger partial charge on any atom is -0.382 e. The maximum absolute atomic E-state index is 6.16. The number of benzene rings is 1. The van der Waals surface area contributed by atoms with Gasteiger partial charge >= 0.3 is 0 Å². The number of fused-ring (bicyclic) bond motifs is 1. The van der Waals surface area contributed by atoms with Crippen LogP contribution in [0, 0.1) is 0 Å². The summed E-state index contributed by atoms with van der Waals surface area (Å²) in [6, 6.07) is 7.85. The summed E-state index contributed by atoms with van der Waals surface area (Å²) >= 11 is 0. The van der Waals surface area contributed by atoms with Crippen LogP contribution in [-0.4, -0.2) is 51.0 Å². The lowest BCUT2D eigenvalue weighted by atomic mass is 10.1. The summed E-state index contributed by atoms with van der Waals surface area (Å²) in [4.78, 5) is 19.5. The van der Waals surface area contributed by atoms with Gasteiger partial charge in [0.05, 0.1) is 22.9 Å². The molecule has 2 aliphatic rings. The van der Waals surface area contributed by atoms with E-state index >= 15 is 0 Å². The van der Waals surface area contributed by atoms with E-state index in [9.17, 15) is 0 Å². The zero-order valence-corrected chi connectivity index (χ0v) is 16.6. The minimum atomic E-state index is 0.346. The minimum absolute atomic E-state index is 0.346. The highest BCUT2D eigenvalue weighted by Gasteiger charge is 2.17. The fourth-order valence-electron chi connectivity index (χ4n) is 3.73. The first-order valence-electron chi connectivity index (χ1n) is 10.0. The van der Waals surface area contributed by atoms with Gasteiger partial charge in [-0.2, -0.15) is 0 Å². The van der Waals surface area contributed by atoms with Gasteiger partial charge in [0.2, 0.25) is 0 Å². The molecule has 2 aromatic heterocycles. The Morgan fingerprint density at radius 3 is 2.70 bits per heavy atom. The number of rotatable bonds is 3. The highest BCUT2D eigenvalue weighted by Crippen LogP contribution is 2.27. The molecule has 1 saturated heterocycles. The third-order valence-corrected chi connectivity index (χ3v) is 5.31. The number of hydrogen-bond donors (Lipinski definition) is 3. The smallest absolute Gasteiger partial charge is 0.161 e. The van der Waals surface area contributed by atoms with Crippen molar-refractivity contribution in [1.29, 1.82) is 0 Å². The van der Waals surface area contributed by atoms with Crippen LogP contribution in [0.2, 0.25) is 0 Å². The Kier molecular flexibility index (Phi) is 4.65. The van der Waals surface area contributed by atoms with Crippen molar-refractivity contribution in [3.8, 4) is 11.5 Å². The van der Waals surface area contributed by atoms with Gasteiger partial charge in [0.1, 0.15) is 5.69 Å². The molecule has 0 bridgehead atoms. The number of para-hydroxylation sites is 2. The van der Waals surface area contributed by atoms with Crippen LogP contribution in [0.5, 0.6) is 0 Å². The second-order valence-corrected chi connectivity index (χ2v) is 7.41. The molecule has 3 aromatic rings. The maximum Gasteiger partial charge on any atom is 0.161 e. The molecule has 1 aliphatic carbocycles. The van der Waals surface area contributed by atoms with Gasteiger partial charge in [-0.1, -0.05) is 30.9 Å². The molecule has 1 fully saturated rings. The largest absolute Gasteiger partial charge is 0.382 e. The van der Waals surface area contributed by atoms with Gasteiger partial charge in [0.25, 0.3) is 0 Å². The molecule has 0 amide bonds. The lowest BCUT2D eigenvalue weighted by molar-refractivity contribution is 0.307. The van der Waals surface area contributed by atoms with Crippen LogP contribution in [0.3, 0.4) is 0 Å². The molecule has 7 nitrogen and oxygen atoms in total. The molecule has 4 N–H and O–H groups in total. The van der Waals surface area contributed by atoms with Crippen LogP contribution in [-0.2, 0) is 0 Å². The molecule has 0 atom stereocenters. The van der Waals surface area contributed by atoms with Crippen LogP contribution >= 0.6 is 0 Å². The molecule has 0 unspecified atom stereocenters. The normalized spacial score (nSPS) is 17.1. The first kappa shape index (κ1) is 18.3. The Hall–Kier alpha value is -3.71. The maximum atomic E-state index is 6.16. The van der Waals surface area contributed by atoms with E-state index in [2.05, 4.69) is 43.9 Å². The highest BCUT2D eigenvalue weighted by atomic mass is 15.2. The quantitative estimate of drug-likeness (QED) is 0.629. The summed E-state index contributed by atoms with van der Waals surface area (Å²) in [5, 5.41) is 3.39. The van der Waals surface area contributed by atoms with Gasteiger partial charge in [0, 0.05) is 37.4 Å². The van der Waals surface area contributed by atoms with Crippen LogP contribution in [0.15, 0.2) is 72.6 Å². The number of aromatic amines is 1. The highest BCUT2D eigenvalue weighted by molar-refractivity contribution is 5.82. The van der Waals surface area contributed by atoms with E-state index in [1.165, 1.54) is 0 Å². The molecular weight excluding hydrogens is 374 g/mol. The van der Waals surface area contributed by atoms with Crippen LogP contribution in [0.1, 0.15) is 5.69 Å². The molecule has 0 spiro atoms. The van der Waals surface area contributed by atoms with Crippen molar-refractivity contribution >= 4 is 22.4 Å². The number of nitrogen functional groups attached to an aromatic ring is 1. The molecule has 0 radical (unpaired) electrons. The van der Waals surface area contributed by atoms with Gasteiger partial charge in [-0.3, -0.25) is 0 Å². The van der Waals surface area contributed by atoms with E-state index < -0.39 is 0 Å². The number of nitrogens with zero attached hydrogens (tertiary/aromatic N) is 4. The Labute approximate surface area is 174 Å². The molecule has 5 rings (SSSR count). The van der Waals surface area contributed by atoms with E-state index in [4.69, 9.17) is 10.7 Å². The molecule has 0 saturated carbocycles. The molecular formula is C23H23N7. The summed E-state index contributed by atoms with van der Waals surface area (Å²) in [5.41, 5.74) is 12.3. The predicted octanol–water partition coefficient (Wildman–Crippen LogP) is 2.90. The summed E-state index contributed by atoms with van der Waals surface area (Å²) in [5.74, 6) is 0.960. The number of anilines is 1. The summed E-state index contributed by atoms with van der Waals surface area (Å²) < 4.78 is 0. The standard InChI is InChI=1S/C23H23N7/c1-15-6-7-16(13-17(12-15)30-10-8-25-9-11-30)20-14-26-22(24)21(27-20)23-28-18-4-2-3-5-19(18)29-23/h2-7,12-14,25H,1,8-11H2,(H2,24,26)(H,28,29). The second kappa shape index (κ2) is 7.61. The Morgan fingerprint density at radius 2 is 1.87 bits per heavy atom. The Bertz CT molecular complexity index is 1180. The zero-order chi connectivity index (χ0) is 20.5. The van der Waals surface area contributed by atoms with Crippen molar-refractivity contribution < 1.29 is 0 Å². The monoisotopic (exact) mass is 397 g/mol. The fraction of sp³-hybridized carbons (Fsp3) is 0.174. The first-order valence-corrected chi connectivity index (χ1v) is 10.0. The van der Waals surface area contributed by atoms with Crippen molar-refractivity contribution in [2.24, 2.45) is 0 Å². The lowest BCUT2D eigenvalue weighted by Gasteiger charge is -2.30. The number of hydrogen-bond acceptors (Lipinski definition) is 6. The van der Waals surface area contributed by atoms with Crippen molar-refractivity contribution in [2.75, 3.05) is 31.9 Å². The summed E-state index contributed by atoms with van der Waals surface area (Å²) in [6.45, 7) is 8.00. The van der Waals surface area contributed by atoms with Gasteiger partial charge in [-0.25, -0.2) is 15.0 Å². The molecule has 7 heteroatoms. The number of nitrogens with two attached hydrogens (primary N) is 1. The SMILES string of the molecule is C=C1C=CC(c2cnc(N)c(-c3nc4ccccc4[nH]3)n2)=CC(N2CCNCC2)=C1. The molecule has 30 heavy (non-hydrogen) atoms. The van der Waals surface area contributed by atoms with Crippen LogP contribution in [0.25, 0.3) is 28.1 Å². The number of aromatic nitrogens is 4. The lowest BCUT2D eigenvalue weighted by Crippen LogP contribution is -2.42. The molecule has 1 aliphatic heterocycles. The molecule has 150 valence electrons. The van der Waals surface area contributed by atoms with Gasteiger partial charge < -0.3 is 20.9 Å². The van der Waals surface area contributed by atoms with Crippen LogP contribution in [0.4, 0.5) is 5.82 Å². The van der Waals surface area contributed by atoms with E-state index in [0.717, 1.165) is 59.7 Å². The van der Waals surface area contributed by atoms with Crippen LogP contribution < -0.4 is 11.1 Å². The van der Waals surface area contributed by atoms with Crippen molar-refractivity contribution in [1.82, 2.24) is 30.2 Å². The Balaban J connectivity index is 1.55. The Morgan fingerprint density at radius 1 is 1.03 bits per heavy atom. The number of allylic oxidation sites excluding steroid dienone is 6. The van der Waals surface area contributed by atoms with Crippen molar-refractivity contribution in [3.05, 3.63) is 78.3 Å². The average molecular weight is 397 g/mol. The molecule has 3 heterocycles. The number of piperazine rings is 1. The second-order valence-electron chi connectivity index (χ2n) is 7.41. The third kappa shape index (κ3) is 3.51. The van der Waals surface area contributed by atoms with Gasteiger partial charge in [-0.15, -0.1) is 0 Å². The topological polar surface area (TPSA) is 95.8 Å². The number of imidazole rings is 1. The third-order valence-electron chi connectivity index (χ3n) is 5.31. The molecule has 1 aromatic carbocycles. The van der Waals surface area contributed by atoms with E-state index in [0.29, 0.717) is 17.3 Å². The predicted molar refractivity (Wildman–Crippen MR) is 120 cm³/mol. The van der Waals surface area contributed by atoms with E-state index in [1.807, 2.05) is 36.4 Å². The van der Waals surface area contributed by atoms with Gasteiger partial charge in [0.15, 0.2) is 11.6 Å². The number of H-pyrrole nitrogens is 1. The number of nitrogens with one attached hydrogen (secondary N) is 2. The van der Waals surface area contributed by atoms with Gasteiger partial charge in [-0.05, 0) is 29.9 Å². The average Bonchev–Trinajstić information content (AvgIpc) is 3.11. The van der Waals surface area contributed by atoms with E-state index in [-0.39, 0.29) is 0 Å². The zero-order valence-electron chi connectivity index (χ0n) is 16.6. The van der Waals surface area contributed by atoms with Crippen molar-refractivity contribution in [2.45, 2.75) is 0 Å². The fourth-order valence-corrected chi connectivity index (χ4v) is 3.73. The summed E-state index contributed by atoms with van der Waals surface area (Å²) in [6.07, 6.45) is 9.99.